The SMILES string of the molecule is CCc1nc(C(=O)NC[C@@H](C)N(C)C(=O)OC(C)(C)C)co1. The molecule has 1 N–H and O–H groups in total. The zero-order valence-electron chi connectivity index (χ0n) is 14.1. The molecule has 1 rings (SSSR count). The molecular formula is C15H25N3O4. The summed E-state index contributed by atoms with van der Waals surface area (Å²) in [5.41, 5.74) is -0.310. The Labute approximate surface area is 131 Å². The number of nitrogens with one attached hydrogen (secondary N) is 1. The Balaban J connectivity index is 2.49. The largest absolute Gasteiger partial charge is 0.448 e. The number of hydrogen-bond acceptors (Lipinski definition) is 5. The lowest BCUT2D eigenvalue weighted by Crippen LogP contribution is -2.45. The molecule has 22 heavy (non-hydrogen) atoms. The lowest BCUT2D eigenvalue weighted by Gasteiger charge is -2.28. The lowest BCUT2D eigenvalue weighted by atomic mass is 10.2. The second-order valence-electron chi connectivity index (χ2n) is 6.13. The fraction of sp³-hybridized carbons (Fsp3) is 0.667. The van der Waals surface area contributed by atoms with Crippen LogP contribution in [0, 0.1) is 0 Å². The van der Waals surface area contributed by atoms with Gasteiger partial charge in [0.1, 0.15) is 11.9 Å². The zero-order valence-corrected chi connectivity index (χ0v) is 14.1. The number of carbonyl (C=O) groups excluding carboxylic acids is 2. The number of ether oxygens (including phenoxy) is 1. The first-order chi connectivity index (χ1) is 10.1. The van der Waals surface area contributed by atoms with Crippen LogP contribution < -0.4 is 5.32 Å². The minimum Gasteiger partial charge on any atom is -0.448 e. The van der Waals surface area contributed by atoms with Crippen molar-refractivity contribution in [3.63, 3.8) is 0 Å². The Hall–Kier alpha value is -2.05. The predicted molar refractivity (Wildman–Crippen MR) is 81.7 cm³/mol. The van der Waals surface area contributed by atoms with E-state index in [1.807, 2.05) is 13.8 Å². The van der Waals surface area contributed by atoms with Crippen molar-refractivity contribution in [1.29, 1.82) is 0 Å². The second-order valence-corrected chi connectivity index (χ2v) is 6.13. The van der Waals surface area contributed by atoms with E-state index in [4.69, 9.17) is 9.15 Å². The van der Waals surface area contributed by atoms with Crippen molar-refractivity contribution < 1.29 is 18.7 Å². The topological polar surface area (TPSA) is 84.7 Å². The number of aromatic nitrogens is 1. The molecule has 1 heterocycles. The van der Waals surface area contributed by atoms with Gasteiger partial charge in [0.15, 0.2) is 11.6 Å². The third-order valence-electron chi connectivity index (χ3n) is 2.99. The van der Waals surface area contributed by atoms with E-state index >= 15 is 0 Å². The second kappa shape index (κ2) is 7.29. The standard InChI is InChI=1S/C15H25N3O4/c1-7-12-17-11(9-21-12)13(19)16-8-10(2)18(6)14(20)22-15(3,4)5/h9-10H,7-8H2,1-6H3,(H,16,19)/t10-/m1/s1. The van der Waals surface area contributed by atoms with Crippen molar-refractivity contribution >= 4 is 12.0 Å². The molecule has 0 spiro atoms. The first-order valence-electron chi connectivity index (χ1n) is 7.32. The van der Waals surface area contributed by atoms with E-state index < -0.39 is 11.7 Å². The van der Waals surface area contributed by atoms with Crippen LogP contribution in [0.2, 0.25) is 0 Å². The van der Waals surface area contributed by atoms with Crippen molar-refractivity contribution in [1.82, 2.24) is 15.2 Å². The summed E-state index contributed by atoms with van der Waals surface area (Å²) in [6.07, 6.45) is 1.53. The number of aryl methyl sites for hydroxylation is 1. The van der Waals surface area contributed by atoms with Gasteiger partial charge in [-0.05, 0) is 27.7 Å². The van der Waals surface area contributed by atoms with Crippen molar-refractivity contribution in [2.24, 2.45) is 0 Å². The molecule has 1 aromatic heterocycles. The maximum atomic E-state index is 11.9. The highest BCUT2D eigenvalue weighted by atomic mass is 16.6. The summed E-state index contributed by atoms with van der Waals surface area (Å²) in [5, 5.41) is 2.72. The normalized spacial score (nSPS) is 12.6. The molecule has 0 radical (unpaired) electrons. The average Bonchev–Trinajstić information content (AvgIpc) is 2.90. The maximum Gasteiger partial charge on any atom is 0.410 e. The van der Waals surface area contributed by atoms with Gasteiger partial charge in [-0.1, -0.05) is 6.92 Å². The number of amides is 2. The van der Waals surface area contributed by atoms with Crippen molar-refractivity contribution in [2.45, 2.75) is 52.7 Å². The Morgan fingerprint density at radius 1 is 1.45 bits per heavy atom. The number of rotatable bonds is 5. The van der Waals surface area contributed by atoms with E-state index in [-0.39, 0.29) is 17.6 Å². The molecule has 7 heteroatoms. The summed E-state index contributed by atoms with van der Waals surface area (Å²) in [6.45, 7) is 9.43. The summed E-state index contributed by atoms with van der Waals surface area (Å²) in [6, 6.07) is -0.212. The van der Waals surface area contributed by atoms with Crippen LogP contribution in [0.25, 0.3) is 0 Å². The first kappa shape index (κ1) is 18.0. The molecule has 7 nitrogen and oxygen atoms in total. The molecule has 0 aliphatic heterocycles. The average molecular weight is 311 g/mol. The van der Waals surface area contributed by atoms with Gasteiger partial charge in [-0.15, -0.1) is 0 Å². The molecule has 0 aliphatic rings. The fourth-order valence-electron chi connectivity index (χ4n) is 1.56. The van der Waals surface area contributed by atoms with Crippen LogP contribution in [0.5, 0.6) is 0 Å². The minimum absolute atomic E-state index is 0.212. The van der Waals surface area contributed by atoms with E-state index in [1.54, 1.807) is 27.8 Å². The molecule has 124 valence electrons. The molecule has 0 bridgehead atoms. The molecule has 0 saturated heterocycles. The molecule has 2 amide bonds. The highest BCUT2D eigenvalue weighted by molar-refractivity contribution is 5.91. The Morgan fingerprint density at radius 3 is 2.59 bits per heavy atom. The van der Waals surface area contributed by atoms with E-state index in [2.05, 4.69) is 10.3 Å². The van der Waals surface area contributed by atoms with Gasteiger partial charge in [0.25, 0.3) is 5.91 Å². The highest BCUT2D eigenvalue weighted by Gasteiger charge is 2.23. The van der Waals surface area contributed by atoms with Crippen LogP contribution in [0.15, 0.2) is 10.7 Å². The summed E-state index contributed by atoms with van der Waals surface area (Å²) in [5.74, 6) is 0.192. The van der Waals surface area contributed by atoms with Gasteiger partial charge in [-0.3, -0.25) is 4.79 Å². The van der Waals surface area contributed by atoms with Gasteiger partial charge in [0.05, 0.1) is 0 Å². The molecular weight excluding hydrogens is 286 g/mol. The van der Waals surface area contributed by atoms with E-state index in [1.165, 1.54) is 11.2 Å². The number of hydrogen-bond donors (Lipinski definition) is 1. The number of carbonyl (C=O) groups is 2. The maximum absolute atomic E-state index is 11.9. The lowest BCUT2D eigenvalue weighted by molar-refractivity contribution is 0.0234. The van der Waals surface area contributed by atoms with Crippen LogP contribution >= 0.6 is 0 Å². The van der Waals surface area contributed by atoms with Gasteiger partial charge in [-0.2, -0.15) is 0 Å². The quantitative estimate of drug-likeness (QED) is 0.901. The molecule has 0 saturated carbocycles. The predicted octanol–water partition coefficient (Wildman–Crippen LogP) is 2.22. The van der Waals surface area contributed by atoms with Crippen molar-refractivity contribution in [3.8, 4) is 0 Å². The van der Waals surface area contributed by atoms with E-state index in [9.17, 15) is 9.59 Å². The van der Waals surface area contributed by atoms with Crippen LogP contribution in [-0.4, -0.2) is 47.1 Å². The van der Waals surface area contributed by atoms with Crippen LogP contribution in [0.3, 0.4) is 0 Å². The molecule has 0 aromatic carbocycles. The minimum atomic E-state index is -0.550. The molecule has 0 aliphatic carbocycles. The van der Waals surface area contributed by atoms with Gasteiger partial charge in [-0.25, -0.2) is 9.78 Å². The molecule has 1 atom stereocenters. The Morgan fingerprint density at radius 2 is 2.09 bits per heavy atom. The third kappa shape index (κ3) is 5.38. The molecule has 0 fully saturated rings. The summed E-state index contributed by atoms with van der Waals surface area (Å²) >= 11 is 0. The number of oxazole rings is 1. The van der Waals surface area contributed by atoms with Crippen LogP contribution in [0.4, 0.5) is 4.79 Å². The zero-order chi connectivity index (χ0) is 16.9. The summed E-state index contributed by atoms with van der Waals surface area (Å²) < 4.78 is 10.4. The molecule has 1 aromatic rings. The highest BCUT2D eigenvalue weighted by Crippen LogP contribution is 2.10. The summed E-state index contributed by atoms with van der Waals surface area (Å²) in [4.78, 5) is 29.4. The van der Waals surface area contributed by atoms with Crippen LogP contribution in [-0.2, 0) is 11.2 Å². The van der Waals surface area contributed by atoms with Crippen LogP contribution in [0.1, 0.15) is 51.0 Å². The Kier molecular flexibility index (Phi) is 5.96. The monoisotopic (exact) mass is 311 g/mol. The van der Waals surface area contributed by atoms with Gasteiger partial charge in [0.2, 0.25) is 0 Å². The van der Waals surface area contributed by atoms with Gasteiger partial charge < -0.3 is 19.4 Å². The van der Waals surface area contributed by atoms with Crippen molar-refractivity contribution in [2.75, 3.05) is 13.6 Å². The number of nitrogens with zero attached hydrogens (tertiary/aromatic N) is 2. The molecule has 0 unspecified atom stereocenters. The van der Waals surface area contributed by atoms with Crippen molar-refractivity contribution in [3.05, 3.63) is 17.8 Å². The van der Waals surface area contributed by atoms with E-state index in [0.29, 0.717) is 18.9 Å². The third-order valence-corrected chi connectivity index (χ3v) is 2.99. The van der Waals surface area contributed by atoms with E-state index in [0.717, 1.165) is 0 Å². The Bertz CT molecular complexity index is 519. The number of likely N-dealkylation sites (N-methyl/N-ethyl adjacent to an activating group) is 1. The first-order valence-corrected chi connectivity index (χ1v) is 7.32. The summed E-state index contributed by atoms with van der Waals surface area (Å²) in [7, 11) is 1.64. The smallest absolute Gasteiger partial charge is 0.410 e. The van der Waals surface area contributed by atoms with Gasteiger partial charge >= 0.3 is 6.09 Å². The van der Waals surface area contributed by atoms with Gasteiger partial charge in [0, 0.05) is 26.1 Å². The fourth-order valence-corrected chi connectivity index (χ4v) is 1.56.